The third-order valence-corrected chi connectivity index (χ3v) is 3.00. The summed E-state index contributed by atoms with van der Waals surface area (Å²) in [5.41, 5.74) is 0.752. The summed E-state index contributed by atoms with van der Waals surface area (Å²) in [5, 5.41) is 8.84. The van der Waals surface area contributed by atoms with Crippen LogP contribution in [0.1, 0.15) is 30.6 Å². The summed E-state index contributed by atoms with van der Waals surface area (Å²) in [4.78, 5) is 14.3. The molecule has 0 aliphatic rings. The number of Topliss-reactive ketones (excluding diaryl/α,β-unsaturated/α-hetero) is 1. The topological polar surface area (TPSA) is 40.5 Å². The fourth-order valence-electron chi connectivity index (χ4n) is 1.91. The lowest BCUT2D eigenvalue weighted by Gasteiger charge is -2.26. The summed E-state index contributed by atoms with van der Waals surface area (Å²) in [6, 6.07) is 9.23. The van der Waals surface area contributed by atoms with E-state index >= 15 is 0 Å². The molecule has 0 spiro atoms. The summed E-state index contributed by atoms with van der Waals surface area (Å²) < 4.78 is 0. The van der Waals surface area contributed by atoms with Crippen LogP contribution in [0.25, 0.3) is 0 Å². The Balaban J connectivity index is 2.67. The van der Waals surface area contributed by atoms with Crippen LogP contribution in [0, 0.1) is 0 Å². The van der Waals surface area contributed by atoms with Crippen LogP contribution in [0.5, 0.6) is 0 Å². The Kier molecular flexibility index (Phi) is 5.87. The van der Waals surface area contributed by atoms with Crippen molar-refractivity contribution in [1.82, 2.24) is 4.90 Å². The van der Waals surface area contributed by atoms with E-state index in [1.165, 1.54) is 0 Å². The second-order valence-electron chi connectivity index (χ2n) is 4.11. The molecule has 1 atom stereocenters. The van der Waals surface area contributed by atoms with Gasteiger partial charge in [0.05, 0.1) is 6.04 Å². The van der Waals surface area contributed by atoms with E-state index in [1.54, 1.807) is 0 Å². The SMILES string of the molecule is CCN(CCCO)C(C)C(=O)c1ccccc1. The van der Waals surface area contributed by atoms with Gasteiger partial charge < -0.3 is 5.11 Å². The first-order chi connectivity index (χ1) is 8.20. The number of hydrogen-bond acceptors (Lipinski definition) is 3. The van der Waals surface area contributed by atoms with Gasteiger partial charge in [0.1, 0.15) is 0 Å². The molecule has 0 amide bonds. The molecule has 0 aliphatic carbocycles. The molecule has 3 heteroatoms. The third kappa shape index (κ3) is 3.95. The minimum Gasteiger partial charge on any atom is -0.396 e. The van der Waals surface area contributed by atoms with Crippen molar-refractivity contribution in [2.75, 3.05) is 19.7 Å². The van der Waals surface area contributed by atoms with Crippen LogP contribution in [0.3, 0.4) is 0 Å². The monoisotopic (exact) mass is 235 g/mol. The van der Waals surface area contributed by atoms with Gasteiger partial charge in [0, 0.05) is 18.7 Å². The average molecular weight is 235 g/mol. The number of aliphatic hydroxyl groups is 1. The van der Waals surface area contributed by atoms with Crippen molar-refractivity contribution >= 4 is 5.78 Å². The van der Waals surface area contributed by atoms with Crippen molar-refractivity contribution in [3.05, 3.63) is 35.9 Å². The summed E-state index contributed by atoms with van der Waals surface area (Å²) in [7, 11) is 0. The maximum atomic E-state index is 12.2. The molecular weight excluding hydrogens is 214 g/mol. The van der Waals surface area contributed by atoms with Crippen molar-refractivity contribution in [2.45, 2.75) is 26.3 Å². The Labute approximate surface area is 103 Å². The van der Waals surface area contributed by atoms with Gasteiger partial charge in [0.2, 0.25) is 0 Å². The minimum absolute atomic E-state index is 0.131. The molecule has 1 N–H and O–H groups in total. The highest BCUT2D eigenvalue weighted by atomic mass is 16.3. The van der Waals surface area contributed by atoms with Crippen molar-refractivity contribution in [3.8, 4) is 0 Å². The molecule has 1 unspecified atom stereocenters. The molecule has 0 heterocycles. The van der Waals surface area contributed by atoms with Crippen LogP contribution in [0.4, 0.5) is 0 Å². The molecule has 1 aromatic carbocycles. The van der Waals surface area contributed by atoms with Gasteiger partial charge in [-0.05, 0) is 19.9 Å². The van der Waals surface area contributed by atoms with Crippen molar-refractivity contribution in [2.24, 2.45) is 0 Å². The molecule has 94 valence electrons. The van der Waals surface area contributed by atoms with Gasteiger partial charge in [-0.15, -0.1) is 0 Å². The Morgan fingerprint density at radius 3 is 2.53 bits per heavy atom. The number of hydrogen-bond donors (Lipinski definition) is 1. The molecule has 0 fully saturated rings. The molecule has 0 bridgehead atoms. The van der Waals surface area contributed by atoms with Crippen LogP contribution in [-0.4, -0.2) is 41.5 Å². The van der Waals surface area contributed by atoms with Crippen LogP contribution >= 0.6 is 0 Å². The second-order valence-corrected chi connectivity index (χ2v) is 4.11. The average Bonchev–Trinajstić information content (AvgIpc) is 2.39. The zero-order valence-corrected chi connectivity index (χ0v) is 10.6. The molecule has 0 saturated carbocycles. The fourth-order valence-corrected chi connectivity index (χ4v) is 1.91. The third-order valence-electron chi connectivity index (χ3n) is 3.00. The smallest absolute Gasteiger partial charge is 0.179 e. The van der Waals surface area contributed by atoms with E-state index in [1.807, 2.05) is 44.2 Å². The van der Waals surface area contributed by atoms with Gasteiger partial charge >= 0.3 is 0 Å². The predicted octanol–water partition coefficient (Wildman–Crippen LogP) is 1.96. The quantitative estimate of drug-likeness (QED) is 0.734. The molecule has 0 aliphatic heterocycles. The van der Waals surface area contributed by atoms with E-state index in [4.69, 9.17) is 5.11 Å². The Hall–Kier alpha value is -1.19. The first kappa shape index (κ1) is 13.9. The van der Waals surface area contributed by atoms with E-state index in [0.717, 1.165) is 18.7 Å². The molecule has 17 heavy (non-hydrogen) atoms. The molecule has 0 aromatic heterocycles. The summed E-state index contributed by atoms with van der Waals surface area (Å²) >= 11 is 0. The number of nitrogens with zero attached hydrogens (tertiary/aromatic N) is 1. The number of carbonyl (C=O) groups excluding carboxylic acids is 1. The van der Waals surface area contributed by atoms with Gasteiger partial charge in [-0.3, -0.25) is 9.69 Å². The second kappa shape index (κ2) is 7.20. The molecule has 0 saturated heterocycles. The normalized spacial score (nSPS) is 12.7. The minimum atomic E-state index is -0.131. The van der Waals surface area contributed by atoms with Crippen LogP contribution in [0.15, 0.2) is 30.3 Å². The largest absolute Gasteiger partial charge is 0.396 e. The van der Waals surface area contributed by atoms with Gasteiger partial charge in [0.25, 0.3) is 0 Å². The number of aliphatic hydroxyl groups excluding tert-OH is 1. The zero-order chi connectivity index (χ0) is 12.7. The maximum Gasteiger partial charge on any atom is 0.179 e. The first-order valence-electron chi connectivity index (χ1n) is 6.14. The lowest BCUT2D eigenvalue weighted by molar-refractivity contribution is 0.0834. The van der Waals surface area contributed by atoms with Crippen molar-refractivity contribution < 1.29 is 9.90 Å². The number of rotatable bonds is 7. The number of ketones is 1. The molecule has 0 radical (unpaired) electrons. The lowest BCUT2D eigenvalue weighted by atomic mass is 10.0. The number of likely N-dealkylation sites (N-methyl/N-ethyl adjacent to an activating group) is 1. The fraction of sp³-hybridized carbons (Fsp3) is 0.500. The van der Waals surface area contributed by atoms with Crippen LogP contribution in [0.2, 0.25) is 0 Å². The highest BCUT2D eigenvalue weighted by Gasteiger charge is 2.20. The van der Waals surface area contributed by atoms with Gasteiger partial charge in [-0.25, -0.2) is 0 Å². The maximum absolute atomic E-state index is 12.2. The van der Waals surface area contributed by atoms with E-state index in [2.05, 4.69) is 4.90 Å². The van der Waals surface area contributed by atoms with E-state index in [-0.39, 0.29) is 18.4 Å². The molecule has 3 nitrogen and oxygen atoms in total. The van der Waals surface area contributed by atoms with Gasteiger partial charge in [0.15, 0.2) is 5.78 Å². The number of carbonyl (C=O) groups is 1. The Bertz CT molecular complexity index is 337. The highest BCUT2D eigenvalue weighted by Crippen LogP contribution is 2.09. The summed E-state index contributed by atoms with van der Waals surface area (Å²) in [5.74, 6) is 0.144. The zero-order valence-electron chi connectivity index (χ0n) is 10.6. The van der Waals surface area contributed by atoms with Crippen LogP contribution < -0.4 is 0 Å². The first-order valence-corrected chi connectivity index (χ1v) is 6.14. The summed E-state index contributed by atoms with van der Waals surface area (Å²) in [6.07, 6.45) is 0.709. The lowest BCUT2D eigenvalue weighted by Crippen LogP contribution is -2.39. The van der Waals surface area contributed by atoms with Gasteiger partial charge in [-0.2, -0.15) is 0 Å². The Morgan fingerprint density at radius 2 is 2.00 bits per heavy atom. The van der Waals surface area contributed by atoms with E-state index in [9.17, 15) is 4.79 Å². The number of benzene rings is 1. The highest BCUT2D eigenvalue weighted by molar-refractivity contribution is 5.99. The standard InChI is InChI=1S/C14H21NO2/c1-3-15(10-7-11-16)12(2)14(17)13-8-5-4-6-9-13/h4-6,8-9,12,16H,3,7,10-11H2,1-2H3. The molecule has 1 rings (SSSR count). The van der Waals surface area contributed by atoms with Crippen molar-refractivity contribution in [1.29, 1.82) is 0 Å². The van der Waals surface area contributed by atoms with E-state index < -0.39 is 0 Å². The predicted molar refractivity (Wildman–Crippen MR) is 69.2 cm³/mol. The van der Waals surface area contributed by atoms with E-state index in [0.29, 0.717) is 6.42 Å². The summed E-state index contributed by atoms with van der Waals surface area (Å²) in [6.45, 7) is 5.71. The molecular formula is C14H21NO2. The van der Waals surface area contributed by atoms with Crippen LogP contribution in [-0.2, 0) is 0 Å². The molecule has 1 aromatic rings. The Morgan fingerprint density at radius 1 is 1.35 bits per heavy atom. The van der Waals surface area contributed by atoms with Crippen molar-refractivity contribution in [3.63, 3.8) is 0 Å². The van der Waals surface area contributed by atoms with Gasteiger partial charge in [-0.1, -0.05) is 37.3 Å².